The number of aromatic nitrogens is 2. The molecule has 0 bridgehead atoms. The van der Waals surface area contributed by atoms with Crippen LogP contribution in [0.4, 0.5) is 0 Å². The van der Waals surface area contributed by atoms with Gasteiger partial charge in [0.25, 0.3) is 5.91 Å². The summed E-state index contributed by atoms with van der Waals surface area (Å²) in [6.07, 6.45) is 4.29. The molecule has 1 aromatic heterocycles. The lowest BCUT2D eigenvalue weighted by Crippen LogP contribution is -2.24. The number of nitrogens with one attached hydrogen (secondary N) is 1. The van der Waals surface area contributed by atoms with E-state index in [1.807, 2.05) is 0 Å². The average molecular weight is 242 g/mol. The molecule has 0 saturated carbocycles. The van der Waals surface area contributed by atoms with Crippen molar-refractivity contribution in [2.75, 3.05) is 6.54 Å². The van der Waals surface area contributed by atoms with Gasteiger partial charge in [0.1, 0.15) is 6.33 Å². The minimum absolute atomic E-state index is 0.207. The first kappa shape index (κ1) is 9.85. The van der Waals surface area contributed by atoms with E-state index in [1.54, 1.807) is 0 Å². The van der Waals surface area contributed by atoms with Gasteiger partial charge in [0.15, 0.2) is 0 Å². The molecule has 5 heteroatoms. The van der Waals surface area contributed by atoms with Crippen LogP contribution in [-0.4, -0.2) is 22.4 Å². The van der Waals surface area contributed by atoms with Crippen LogP contribution in [0, 0.1) is 0 Å². The van der Waals surface area contributed by atoms with E-state index in [0.29, 0.717) is 12.1 Å². The predicted molar refractivity (Wildman–Crippen MR) is 52.4 cm³/mol. The maximum atomic E-state index is 11.3. The first-order chi connectivity index (χ1) is 6.20. The maximum Gasteiger partial charge on any atom is 0.254 e. The summed E-state index contributed by atoms with van der Waals surface area (Å²) in [6.45, 7) is 3.99. The van der Waals surface area contributed by atoms with Crippen LogP contribution < -0.4 is 5.32 Å². The van der Waals surface area contributed by atoms with Crippen molar-refractivity contribution in [1.82, 2.24) is 15.3 Å². The van der Waals surface area contributed by atoms with Crippen LogP contribution in [0.2, 0.25) is 0 Å². The Morgan fingerprint density at radius 3 is 2.69 bits per heavy atom. The molecule has 1 N–H and O–H groups in total. The highest BCUT2D eigenvalue weighted by Crippen LogP contribution is 1.98. The van der Waals surface area contributed by atoms with Gasteiger partial charge in [0.2, 0.25) is 0 Å². The Labute approximate surface area is 84.2 Å². The fraction of sp³-hybridized carbons (Fsp3) is 0.125. The zero-order valence-corrected chi connectivity index (χ0v) is 8.41. The largest absolute Gasteiger partial charge is 0.347 e. The molecule has 1 heterocycles. The van der Waals surface area contributed by atoms with Crippen molar-refractivity contribution in [2.45, 2.75) is 0 Å². The summed E-state index contributed by atoms with van der Waals surface area (Å²) in [5.41, 5.74) is 0.441. The average Bonchev–Trinajstić information content (AvgIpc) is 2.15. The molecule has 1 amide bonds. The Morgan fingerprint density at radius 1 is 1.54 bits per heavy atom. The summed E-state index contributed by atoms with van der Waals surface area (Å²) in [5.74, 6) is -0.207. The summed E-state index contributed by atoms with van der Waals surface area (Å²) >= 11 is 3.13. The van der Waals surface area contributed by atoms with Gasteiger partial charge in [-0.25, -0.2) is 9.97 Å². The van der Waals surface area contributed by atoms with Gasteiger partial charge in [-0.3, -0.25) is 4.79 Å². The molecule has 0 spiro atoms. The lowest BCUT2D eigenvalue weighted by molar-refractivity contribution is 0.0957. The van der Waals surface area contributed by atoms with Gasteiger partial charge in [0.05, 0.1) is 5.56 Å². The first-order valence-corrected chi connectivity index (χ1v) is 4.36. The zero-order chi connectivity index (χ0) is 9.68. The Morgan fingerprint density at radius 2 is 2.15 bits per heavy atom. The van der Waals surface area contributed by atoms with E-state index >= 15 is 0 Å². The van der Waals surface area contributed by atoms with Crippen molar-refractivity contribution in [3.63, 3.8) is 0 Å². The van der Waals surface area contributed by atoms with E-state index in [1.165, 1.54) is 18.7 Å². The monoisotopic (exact) mass is 241 g/mol. The minimum atomic E-state index is -0.207. The third-order valence-electron chi connectivity index (χ3n) is 1.26. The van der Waals surface area contributed by atoms with Crippen LogP contribution in [0.25, 0.3) is 0 Å². The first-order valence-electron chi connectivity index (χ1n) is 3.56. The molecule has 0 radical (unpaired) electrons. The lowest BCUT2D eigenvalue weighted by atomic mass is 10.3. The van der Waals surface area contributed by atoms with Crippen LogP contribution >= 0.6 is 15.9 Å². The number of amides is 1. The molecule has 0 aliphatic rings. The molecular weight excluding hydrogens is 234 g/mol. The van der Waals surface area contributed by atoms with Crippen LogP contribution in [0.5, 0.6) is 0 Å². The van der Waals surface area contributed by atoms with Crippen LogP contribution in [-0.2, 0) is 0 Å². The SMILES string of the molecule is C=C(Br)CNC(=O)c1cncnc1. The molecule has 68 valence electrons. The van der Waals surface area contributed by atoms with Gasteiger partial charge < -0.3 is 5.32 Å². The van der Waals surface area contributed by atoms with E-state index in [9.17, 15) is 4.79 Å². The Hall–Kier alpha value is -1.23. The molecule has 0 unspecified atom stereocenters. The standard InChI is InChI=1S/C8H8BrN3O/c1-6(9)2-12-8(13)7-3-10-5-11-4-7/h3-5H,1-2H2,(H,12,13). The number of hydrogen-bond acceptors (Lipinski definition) is 3. The van der Waals surface area contributed by atoms with Gasteiger partial charge >= 0.3 is 0 Å². The van der Waals surface area contributed by atoms with Gasteiger partial charge in [-0.1, -0.05) is 22.5 Å². The highest BCUT2D eigenvalue weighted by molar-refractivity contribution is 9.11. The summed E-state index contributed by atoms with van der Waals surface area (Å²) in [4.78, 5) is 18.7. The quantitative estimate of drug-likeness (QED) is 0.863. The third kappa shape index (κ3) is 3.33. The normalized spacial score (nSPS) is 9.31. The molecule has 0 saturated heterocycles. The summed E-state index contributed by atoms with van der Waals surface area (Å²) < 4.78 is 0.720. The highest BCUT2D eigenvalue weighted by atomic mass is 79.9. The van der Waals surface area contributed by atoms with Gasteiger partial charge in [0, 0.05) is 23.4 Å². The molecule has 4 nitrogen and oxygen atoms in total. The lowest BCUT2D eigenvalue weighted by Gasteiger charge is -2.01. The molecule has 0 aliphatic heterocycles. The van der Waals surface area contributed by atoms with Crippen LogP contribution in [0.1, 0.15) is 10.4 Å². The molecule has 1 aromatic rings. The molecule has 0 aromatic carbocycles. The molecule has 0 fully saturated rings. The van der Waals surface area contributed by atoms with Crippen molar-refractivity contribution in [3.8, 4) is 0 Å². The molecule has 0 aliphatic carbocycles. The number of rotatable bonds is 3. The summed E-state index contributed by atoms with van der Waals surface area (Å²) in [5, 5.41) is 2.63. The second-order valence-electron chi connectivity index (χ2n) is 2.33. The van der Waals surface area contributed by atoms with E-state index in [2.05, 4.69) is 37.8 Å². The van der Waals surface area contributed by atoms with E-state index in [4.69, 9.17) is 0 Å². The smallest absolute Gasteiger partial charge is 0.254 e. The summed E-state index contributed by atoms with van der Waals surface area (Å²) in [6, 6.07) is 0. The highest BCUT2D eigenvalue weighted by Gasteiger charge is 2.03. The second-order valence-corrected chi connectivity index (χ2v) is 3.45. The number of carbonyl (C=O) groups excluding carboxylic acids is 1. The Balaban J connectivity index is 2.54. The van der Waals surface area contributed by atoms with Crippen molar-refractivity contribution < 1.29 is 4.79 Å². The minimum Gasteiger partial charge on any atom is -0.347 e. The fourth-order valence-electron chi connectivity index (χ4n) is 0.695. The van der Waals surface area contributed by atoms with Crippen molar-refractivity contribution in [2.24, 2.45) is 0 Å². The van der Waals surface area contributed by atoms with Crippen LogP contribution in [0.15, 0.2) is 29.8 Å². The molecular formula is C8H8BrN3O. The fourth-order valence-corrected chi connectivity index (χ4v) is 0.835. The molecule has 0 atom stereocenters. The van der Waals surface area contributed by atoms with E-state index < -0.39 is 0 Å². The Bertz CT molecular complexity index is 312. The summed E-state index contributed by atoms with van der Waals surface area (Å²) in [7, 11) is 0. The number of nitrogens with zero attached hydrogens (tertiary/aromatic N) is 2. The predicted octanol–water partition coefficient (Wildman–Crippen LogP) is 1.11. The topological polar surface area (TPSA) is 54.9 Å². The van der Waals surface area contributed by atoms with E-state index in [-0.39, 0.29) is 5.91 Å². The van der Waals surface area contributed by atoms with Crippen molar-refractivity contribution in [1.29, 1.82) is 0 Å². The number of halogens is 1. The Kier molecular flexibility index (Phi) is 3.57. The zero-order valence-electron chi connectivity index (χ0n) is 6.83. The molecule has 13 heavy (non-hydrogen) atoms. The third-order valence-corrected chi connectivity index (χ3v) is 1.54. The molecule has 1 rings (SSSR count). The van der Waals surface area contributed by atoms with Gasteiger partial charge in [-0.15, -0.1) is 0 Å². The number of hydrogen-bond donors (Lipinski definition) is 1. The van der Waals surface area contributed by atoms with Gasteiger partial charge in [-0.2, -0.15) is 0 Å². The van der Waals surface area contributed by atoms with Crippen LogP contribution in [0.3, 0.4) is 0 Å². The second kappa shape index (κ2) is 4.71. The van der Waals surface area contributed by atoms with E-state index in [0.717, 1.165) is 4.48 Å². The van der Waals surface area contributed by atoms with Gasteiger partial charge in [-0.05, 0) is 0 Å². The maximum absolute atomic E-state index is 11.3. The van der Waals surface area contributed by atoms with Crippen molar-refractivity contribution in [3.05, 3.63) is 35.3 Å². The van der Waals surface area contributed by atoms with Crippen molar-refractivity contribution >= 4 is 21.8 Å². The number of carbonyl (C=O) groups is 1.